The van der Waals surface area contributed by atoms with Gasteiger partial charge in [-0.05, 0) is 43.7 Å². The van der Waals surface area contributed by atoms with Crippen LogP contribution in [-0.2, 0) is 5.41 Å². The summed E-state index contributed by atoms with van der Waals surface area (Å²) >= 11 is 0. The average molecular weight is 390 g/mol. The van der Waals surface area contributed by atoms with Gasteiger partial charge in [-0.2, -0.15) is 18.9 Å². The molecule has 0 fully saturated rings. The maximum Gasteiger partial charge on any atom is 0.216 e. The Morgan fingerprint density at radius 3 is 2.28 bits per heavy atom. The Hall–Kier alpha value is -3.41. The molecule has 29 heavy (non-hydrogen) atoms. The van der Waals surface area contributed by atoms with Crippen molar-refractivity contribution in [1.82, 2.24) is 19.7 Å². The Balaban J connectivity index is 1.75. The number of pyridine rings is 2. The van der Waals surface area contributed by atoms with Crippen molar-refractivity contribution in [2.75, 3.05) is 0 Å². The lowest BCUT2D eigenvalue weighted by molar-refractivity contribution is 0.509. The van der Waals surface area contributed by atoms with E-state index in [0.29, 0.717) is 11.3 Å². The van der Waals surface area contributed by atoms with E-state index < -0.39 is 17.3 Å². The maximum atomic E-state index is 13.6. The summed E-state index contributed by atoms with van der Waals surface area (Å²) in [5, 5.41) is 4.78. The lowest BCUT2D eigenvalue weighted by Gasteiger charge is -2.26. The van der Waals surface area contributed by atoms with Crippen molar-refractivity contribution in [1.29, 1.82) is 0 Å². The van der Waals surface area contributed by atoms with Gasteiger partial charge in [0.1, 0.15) is 0 Å². The number of hydrogen-bond acceptors (Lipinski definition) is 3. The molecule has 1 aromatic carbocycles. The molecule has 0 amide bonds. The third kappa shape index (κ3) is 3.66. The highest BCUT2D eigenvalue weighted by molar-refractivity contribution is 5.59. The maximum absolute atomic E-state index is 13.6. The largest absolute Gasteiger partial charge is 0.252 e. The molecule has 4 nitrogen and oxygen atoms in total. The highest BCUT2D eigenvalue weighted by Crippen LogP contribution is 2.34. The Morgan fingerprint density at radius 1 is 0.862 bits per heavy atom. The van der Waals surface area contributed by atoms with E-state index in [1.165, 1.54) is 12.1 Å². The molecular formula is C23H20F2N4. The van der Waals surface area contributed by atoms with E-state index in [2.05, 4.69) is 18.8 Å². The monoisotopic (exact) mass is 390 g/mol. The molecule has 1 unspecified atom stereocenters. The van der Waals surface area contributed by atoms with Gasteiger partial charge >= 0.3 is 0 Å². The van der Waals surface area contributed by atoms with Crippen LogP contribution in [0.1, 0.15) is 31.7 Å². The Bertz CT molecular complexity index is 1120. The molecule has 0 spiro atoms. The number of hydrogen-bond donors (Lipinski definition) is 0. The van der Waals surface area contributed by atoms with Crippen molar-refractivity contribution in [3.63, 3.8) is 0 Å². The molecule has 3 heterocycles. The van der Waals surface area contributed by atoms with Crippen molar-refractivity contribution in [2.24, 2.45) is 0 Å². The minimum atomic E-state index is -0.868. The number of para-hydroxylation sites is 1. The Labute approximate surface area is 167 Å². The van der Waals surface area contributed by atoms with Crippen LogP contribution in [0.4, 0.5) is 8.78 Å². The van der Waals surface area contributed by atoms with Gasteiger partial charge in [-0.25, -0.2) is 4.68 Å². The first-order valence-electron chi connectivity index (χ1n) is 9.42. The van der Waals surface area contributed by atoms with Crippen molar-refractivity contribution < 1.29 is 8.78 Å². The average Bonchev–Trinajstić information content (AvgIpc) is 3.24. The van der Waals surface area contributed by atoms with E-state index in [1.54, 1.807) is 6.07 Å². The van der Waals surface area contributed by atoms with Crippen molar-refractivity contribution in [3.8, 4) is 16.9 Å². The molecule has 0 aliphatic rings. The quantitative estimate of drug-likeness (QED) is 0.433. The van der Waals surface area contributed by atoms with Gasteiger partial charge in [0, 0.05) is 23.9 Å². The smallest absolute Gasteiger partial charge is 0.216 e. The second-order valence-corrected chi connectivity index (χ2v) is 7.08. The zero-order valence-electron chi connectivity index (χ0n) is 16.2. The number of halogens is 2. The van der Waals surface area contributed by atoms with Crippen molar-refractivity contribution in [3.05, 3.63) is 96.2 Å². The van der Waals surface area contributed by atoms with E-state index in [-0.39, 0.29) is 0 Å². The number of benzene rings is 1. The van der Waals surface area contributed by atoms with Crippen LogP contribution in [0.25, 0.3) is 16.9 Å². The second kappa shape index (κ2) is 7.54. The predicted octanol–water partition coefficient (Wildman–Crippen LogP) is 5.32. The number of aromatic nitrogens is 4. The first-order valence-corrected chi connectivity index (χ1v) is 9.42. The first kappa shape index (κ1) is 18.9. The van der Waals surface area contributed by atoms with Gasteiger partial charge in [0.25, 0.3) is 0 Å². The lowest BCUT2D eigenvalue weighted by Crippen LogP contribution is -2.25. The molecule has 0 saturated heterocycles. The van der Waals surface area contributed by atoms with Crippen molar-refractivity contribution in [2.45, 2.75) is 25.7 Å². The van der Waals surface area contributed by atoms with E-state index in [9.17, 15) is 8.78 Å². The summed E-state index contributed by atoms with van der Waals surface area (Å²) in [5.74, 6) is -1.74. The second-order valence-electron chi connectivity index (χ2n) is 7.08. The van der Waals surface area contributed by atoms with Crippen LogP contribution in [0.3, 0.4) is 0 Å². The zero-order valence-corrected chi connectivity index (χ0v) is 16.2. The molecule has 0 aliphatic heterocycles. The van der Waals surface area contributed by atoms with Crippen LogP contribution >= 0.6 is 0 Å². The van der Waals surface area contributed by atoms with Gasteiger partial charge in [-0.15, -0.1) is 0 Å². The van der Waals surface area contributed by atoms with Gasteiger partial charge in [-0.1, -0.05) is 31.2 Å². The molecule has 146 valence electrons. The van der Waals surface area contributed by atoms with E-state index in [1.807, 2.05) is 59.4 Å². The van der Waals surface area contributed by atoms with Gasteiger partial charge < -0.3 is 0 Å². The highest BCUT2D eigenvalue weighted by Gasteiger charge is 2.31. The molecule has 0 N–H and O–H groups in total. The molecule has 0 bridgehead atoms. The summed E-state index contributed by atoms with van der Waals surface area (Å²) < 4.78 is 28.9. The summed E-state index contributed by atoms with van der Waals surface area (Å²) in [5.41, 5.74) is 3.02. The topological polar surface area (TPSA) is 43.6 Å². The fraction of sp³-hybridized carbons (Fsp3) is 0.174. The summed E-state index contributed by atoms with van der Waals surface area (Å²) in [6.07, 6.45) is 2.68. The van der Waals surface area contributed by atoms with E-state index in [4.69, 9.17) is 10.1 Å². The highest BCUT2D eigenvalue weighted by atomic mass is 19.1. The summed E-state index contributed by atoms with van der Waals surface area (Å²) in [6.45, 7) is 4.14. The third-order valence-corrected chi connectivity index (χ3v) is 5.26. The van der Waals surface area contributed by atoms with Gasteiger partial charge in [0.2, 0.25) is 11.9 Å². The molecule has 4 aromatic rings. The van der Waals surface area contributed by atoms with Crippen molar-refractivity contribution >= 4 is 0 Å². The number of rotatable bonds is 5. The molecule has 1 atom stereocenters. The Morgan fingerprint density at radius 2 is 1.59 bits per heavy atom. The molecule has 6 heteroatoms. The van der Waals surface area contributed by atoms with Gasteiger partial charge in [0.05, 0.1) is 28.2 Å². The predicted molar refractivity (Wildman–Crippen MR) is 108 cm³/mol. The molecule has 0 aliphatic carbocycles. The molecule has 3 aromatic heterocycles. The molecular weight excluding hydrogens is 370 g/mol. The standard InChI is InChI=1S/C23H20F2N4/c1-3-23(2,20-12-13-29(28-20)17-8-5-4-6-9-17)19-11-7-10-18(26-19)16-14-21(24)27-22(25)15-16/h4-15H,3H2,1-2H3. The van der Waals surface area contributed by atoms with Crippen LogP contribution in [0.15, 0.2) is 72.9 Å². The molecule has 0 radical (unpaired) electrons. The van der Waals surface area contributed by atoms with Gasteiger partial charge in [0.15, 0.2) is 0 Å². The first-order chi connectivity index (χ1) is 14.0. The summed E-state index contributed by atoms with van der Waals surface area (Å²) in [4.78, 5) is 7.87. The third-order valence-electron chi connectivity index (χ3n) is 5.26. The minimum Gasteiger partial charge on any atom is -0.252 e. The van der Waals surface area contributed by atoms with Crippen LogP contribution in [0.2, 0.25) is 0 Å². The van der Waals surface area contributed by atoms with E-state index >= 15 is 0 Å². The lowest BCUT2D eigenvalue weighted by atomic mass is 9.80. The van der Waals surface area contributed by atoms with E-state index in [0.717, 1.165) is 23.5 Å². The van der Waals surface area contributed by atoms with Crippen LogP contribution in [0.5, 0.6) is 0 Å². The fourth-order valence-electron chi connectivity index (χ4n) is 3.35. The minimum absolute atomic E-state index is 0.352. The molecule has 4 rings (SSSR count). The summed E-state index contributed by atoms with van der Waals surface area (Å²) in [6, 6.07) is 19.7. The normalized spacial score (nSPS) is 13.2. The van der Waals surface area contributed by atoms with Crippen LogP contribution in [0, 0.1) is 11.9 Å². The van der Waals surface area contributed by atoms with Gasteiger partial charge in [-0.3, -0.25) is 4.98 Å². The van der Waals surface area contributed by atoms with Crippen LogP contribution < -0.4 is 0 Å². The molecule has 0 saturated carbocycles. The fourth-order valence-corrected chi connectivity index (χ4v) is 3.35. The Kier molecular flexibility index (Phi) is 4.92. The number of nitrogens with zero attached hydrogens (tertiary/aromatic N) is 4. The zero-order chi connectivity index (χ0) is 20.4. The van der Waals surface area contributed by atoms with Crippen LogP contribution in [-0.4, -0.2) is 19.7 Å². The SMILES string of the molecule is CCC(C)(c1cccc(-c2cc(F)nc(F)c2)n1)c1ccn(-c2ccccc2)n1. The summed E-state index contributed by atoms with van der Waals surface area (Å²) in [7, 11) is 0.